The third kappa shape index (κ3) is 14.1. The van der Waals surface area contributed by atoms with E-state index in [2.05, 4.69) is 152 Å². The number of nitrogens with zero attached hydrogens (tertiary/aromatic N) is 2. The number of unbranched alkanes of at least 4 members (excludes halogenated alkanes) is 8. The maximum absolute atomic E-state index is 6.24. The molecule has 1 aromatic carbocycles. The standard InChI is InChI=1S/C80H88N2S8/c1-11-21-29-53-55(31-23-13-3)75(87-63(53)19-9)67-47-49-71(85-67)79-59(35-27-17-7)57(33-25-15-5)77(89-79)69-45-43-65(83-69)61-41-39-51-37-38-52-40-42-62(82-74(52)73(51)81-61)66-44-46-70(84-66)78-58(34-26-16-6)60(36-28-18-8)80(90-78)72-50-48-68(86-72)76-56(32-24-14-4)54(30-22-12-2)64(20-10)88-76/h9-10,37-50H,11-18,21-36H2,1-8H3. The number of thiophene rings is 8. The van der Waals surface area contributed by atoms with Gasteiger partial charge in [-0.05, 0) is 208 Å². The Kier molecular flexibility index (Phi) is 23.2. The summed E-state index contributed by atoms with van der Waals surface area (Å²) in [7, 11) is 0. The molecule has 0 unspecified atom stereocenters. The molecule has 90 heavy (non-hydrogen) atoms. The number of hydrogen-bond acceptors (Lipinski definition) is 10. The predicted molar refractivity (Wildman–Crippen MR) is 408 cm³/mol. The zero-order valence-corrected chi connectivity index (χ0v) is 60.9. The Hall–Kier alpha value is -5.24. The van der Waals surface area contributed by atoms with Crippen molar-refractivity contribution in [3.05, 3.63) is 139 Å². The number of aromatic nitrogens is 2. The van der Waals surface area contributed by atoms with Crippen molar-refractivity contribution < 1.29 is 0 Å². The second-order valence-corrected chi connectivity index (χ2v) is 32.7. The van der Waals surface area contributed by atoms with Gasteiger partial charge in [-0.25, -0.2) is 9.97 Å². The fraction of sp³-hybridized carbons (Fsp3) is 0.400. The van der Waals surface area contributed by atoms with E-state index >= 15 is 0 Å². The van der Waals surface area contributed by atoms with Crippen LogP contribution >= 0.6 is 90.7 Å². The van der Waals surface area contributed by atoms with E-state index in [-0.39, 0.29) is 0 Å². The molecule has 0 aliphatic rings. The molecule has 0 spiro atoms. The zero-order chi connectivity index (χ0) is 62.7. The molecule has 0 bridgehead atoms. The molecule has 0 aliphatic heterocycles. The number of fused-ring (bicyclic) bond motifs is 3. The second-order valence-electron chi connectivity index (χ2n) is 24.2. The van der Waals surface area contributed by atoms with Crippen LogP contribution in [0, 0.1) is 24.7 Å². The third-order valence-corrected chi connectivity index (χ3v) is 28.2. The molecule has 11 rings (SSSR count). The first-order valence-corrected chi connectivity index (χ1v) is 40.4. The number of rotatable bonds is 32. The van der Waals surface area contributed by atoms with Crippen LogP contribution in [0.15, 0.2) is 84.9 Å². The summed E-state index contributed by atoms with van der Waals surface area (Å²) in [5, 5.41) is 2.22. The summed E-state index contributed by atoms with van der Waals surface area (Å²) in [4.78, 5) is 32.6. The second kappa shape index (κ2) is 31.6. The Morgan fingerprint density at radius 2 is 0.489 bits per heavy atom. The molecule has 466 valence electrons. The molecule has 11 aromatic rings. The Balaban J connectivity index is 0.926. The molecule has 0 radical (unpaired) electrons. The molecule has 0 N–H and O–H groups in total. The summed E-state index contributed by atoms with van der Waals surface area (Å²) >= 11 is 15.5. The van der Waals surface area contributed by atoms with Gasteiger partial charge >= 0.3 is 0 Å². The van der Waals surface area contributed by atoms with E-state index in [1.54, 1.807) is 22.3 Å². The van der Waals surface area contributed by atoms with Crippen molar-refractivity contribution in [2.45, 2.75) is 209 Å². The molecule has 0 saturated heterocycles. The molecular formula is C80H88N2S8. The summed E-state index contributed by atoms with van der Waals surface area (Å²) in [5.41, 5.74) is 16.1. The van der Waals surface area contributed by atoms with Gasteiger partial charge in [0.2, 0.25) is 0 Å². The predicted octanol–water partition coefficient (Wildman–Crippen LogP) is 27.3. The van der Waals surface area contributed by atoms with Crippen LogP contribution < -0.4 is 0 Å². The molecule has 10 aromatic heterocycles. The number of pyridine rings is 2. The molecule has 0 amide bonds. The van der Waals surface area contributed by atoms with Gasteiger partial charge in [0, 0.05) is 69.3 Å². The smallest absolute Gasteiger partial charge is 0.0972 e. The highest BCUT2D eigenvalue weighted by Gasteiger charge is 2.28. The molecule has 10 heteroatoms. The van der Waals surface area contributed by atoms with Crippen molar-refractivity contribution in [2.24, 2.45) is 0 Å². The van der Waals surface area contributed by atoms with E-state index in [4.69, 9.17) is 22.8 Å². The number of terminal acetylenes is 2. The summed E-state index contributed by atoms with van der Waals surface area (Å²) in [6, 6.07) is 32.4. The lowest BCUT2D eigenvalue weighted by Crippen LogP contribution is -1.94. The molecule has 0 atom stereocenters. The molecule has 0 saturated carbocycles. The van der Waals surface area contributed by atoms with Crippen molar-refractivity contribution in [1.82, 2.24) is 9.97 Å². The van der Waals surface area contributed by atoms with E-state index in [1.165, 1.54) is 193 Å². The van der Waals surface area contributed by atoms with Crippen molar-refractivity contribution in [2.75, 3.05) is 0 Å². The van der Waals surface area contributed by atoms with E-state index in [0.717, 1.165) is 94.3 Å². The van der Waals surface area contributed by atoms with Crippen LogP contribution in [0.2, 0.25) is 0 Å². The van der Waals surface area contributed by atoms with Crippen LogP contribution in [-0.2, 0) is 51.4 Å². The summed E-state index contributed by atoms with van der Waals surface area (Å²) in [6.07, 6.45) is 40.1. The van der Waals surface area contributed by atoms with Gasteiger partial charge in [0.25, 0.3) is 0 Å². The van der Waals surface area contributed by atoms with Gasteiger partial charge in [-0.3, -0.25) is 0 Å². The lowest BCUT2D eigenvalue weighted by atomic mass is 9.97. The van der Waals surface area contributed by atoms with Crippen molar-refractivity contribution in [3.63, 3.8) is 0 Å². The topological polar surface area (TPSA) is 25.8 Å². The minimum Gasteiger partial charge on any atom is -0.245 e. The van der Waals surface area contributed by atoms with Crippen molar-refractivity contribution in [3.8, 4) is 104 Å². The zero-order valence-electron chi connectivity index (χ0n) is 54.4. The van der Waals surface area contributed by atoms with Crippen LogP contribution in [0.4, 0.5) is 0 Å². The lowest BCUT2D eigenvalue weighted by Gasteiger charge is -2.08. The van der Waals surface area contributed by atoms with E-state index in [9.17, 15) is 0 Å². The minimum atomic E-state index is 0.958. The highest BCUT2D eigenvalue weighted by atomic mass is 32.1. The van der Waals surface area contributed by atoms with Gasteiger partial charge in [-0.2, -0.15) is 0 Å². The highest BCUT2D eigenvalue weighted by molar-refractivity contribution is 7.30. The maximum Gasteiger partial charge on any atom is 0.0972 e. The van der Waals surface area contributed by atoms with E-state index in [1.807, 2.05) is 90.7 Å². The maximum atomic E-state index is 6.24. The van der Waals surface area contributed by atoms with Gasteiger partial charge in [0.1, 0.15) is 0 Å². The van der Waals surface area contributed by atoms with Gasteiger partial charge in [0.15, 0.2) is 0 Å². The largest absolute Gasteiger partial charge is 0.245 e. The quantitative estimate of drug-likeness (QED) is 0.0310. The summed E-state index contributed by atoms with van der Waals surface area (Å²) < 4.78 is 0. The fourth-order valence-electron chi connectivity index (χ4n) is 12.8. The average Bonchev–Trinajstić information content (AvgIpc) is 1.60. The first-order valence-electron chi connectivity index (χ1n) is 33.8. The summed E-state index contributed by atoms with van der Waals surface area (Å²) in [6.45, 7) is 18.5. The van der Waals surface area contributed by atoms with Crippen LogP contribution in [0.25, 0.3) is 101 Å². The van der Waals surface area contributed by atoms with Crippen molar-refractivity contribution >= 4 is 113 Å². The van der Waals surface area contributed by atoms with Crippen LogP contribution in [0.1, 0.15) is 212 Å². The number of benzene rings is 1. The Bertz CT molecular complexity index is 4030. The SMILES string of the molecule is C#Cc1sc(-c2ccc(-c3sc(-c4ccc(-c5ccc6ccc7ccc(-c8ccc(-c9sc(-c%10ccc(-c%11sc(C#C)c(CCCC)c%11CCCC)s%10)c(CCCC)c9CCCC)s8)nc7c6n5)s4)c(CCCC)c3CCCC)s2)c(CCCC)c1CCCC. The first kappa shape index (κ1) is 66.2. The molecule has 2 nitrogen and oxygen atoms in total. The lowest BCUT2D eigenvalue weighted by molar-refractivity contribution is 0.762. The normalized spacial score (nSPS) is 11.7. The Morgan fingerprint density at radius 1 is 0.267 bits per heavy atom. The van der Waals surface area contributed by atoms with Gasteiger partial charge < -0.3 is 0 Å². The minimum absolute atomic E-state index is 0.958. The fourth-order valence-corrected chi connectivity index (χ4v) is 22.8. The number of hydrogen-bond donors (Lipinski definition) is 0. The van der Waals surface area contributed by atoms with E-state index in [0.29, 0.717) is 0 Å². The molecular weight excluding hydrogens is 1250 g/mol. The van der Waals surface area contributed by atoms with Gasteiger partial charge in [0.05, 0.1) is 41.9 Å². The van der Waals surface area contributed by atoms with Crippen LogP contribution in [0.5, 0.6) is 0 Å². The molecule has 0 fully saturated rings. The molecule has 10 heterocycles. The summed E-state index contributed by atoms with van der Waals surface area (Å²) in [5.74, 6) is 6.24. The monoisotopic (exact) mass is 1330 g/mol. The molecule has 0 aliphatic carbocycles. The average molecular weight is 1330 g/mol. The van der Waals surface area contributed by atoms with Crippen molar-refractivity contribution in [1.29, 1.82) is 0 Å². The Morgan fingerprint density at radius 3 is 0.756 bits per heavy atom. The highest BCUT2D eigenvalue weighted by Crippen LogP contribution is 2.53. The Labute approximate surface area is 570 Å². The van der Waals surface area contributed by atoms with Gasteiger partial charge in [-0.1, -0.05) is 143 Å². The third-order valence-electron chi connectivity index (χ3n) is 17.8. The van der Waals surface area contributed by atoms with Gasteiger partial charge in [-0.15, -0.1) is 104 Å². The van der Waals surface area contributed by atoms with E-state index < -0.39 is 0 Å². The van der Waals surface area contributed by atoms with Crippen LogP contribution in [-0.4, -0.2) is 9.97 Å². The first-order chi connectivity index (χ1) is 44.2. The van der Waals surface area contributed by atoms with Crippen LogP contribution in [0.3, 0.4) is 0 Å².